The highest BCUT2D eigenvalue weighted by atomic mass is 32.2. The third kappa shape index (κ3) is 5.37. The Balaban J connectivity index is 2.66. The molecule has 0 radical (unpaired) electrons. The zero-order chi connectivity index (χ0) is 14.3. The number of carbonyl (C=O) groups is 1. The van der Waals surface area contributed by atoms with Crippen LogP contribution in [0.1, 0.15) is 12.0 Å². The minimum absolute atomic E-state index is 0.0260. The fourth-order valence-corrected chi connectivity index (χ4v) is 2.46. The molecular weight excluding hydrogens is 270 g/mol. The van der Waals surface area contributed by atoms with E-state index in [0.29, 0.717) is 13.0 Å². The van der Waals surface area contributed by atoms with Crippen molar-refractivity contribution in [1.82, 2.24) is 4.72 Å². The molecule has 0 spiro atoms. The summed E-state index contributed by atoms with van der Waals surface area (Å²) in [5, 5.41) is 8.56. The van der Waals surface area contributed by atoms with Gasteiger partial charge in [0.25, 0.3) is 0 Å². The first-order valence-corrected chi connectivity index (χ1v) is 7.23. The first kappa shape index (κ1) is 15.6. The molecular formula is C12H17NO5S. The first-order valence-electron chi connectivity index (χ1n) is 5.75. The predicted molar refractivity (Wildman–Crippen MR) is 69.5 cm³/mol. The molecule has 0 aliphatic carbocycles. The van der Waals surface area contributed by atoms with E-state index in [1.54, 1.807) is 12.1 Å². The SMILES string of the molecule is COCCNS(=O)(=O)c1ccc(CCC(=O)O)cc1. The van der Waals surface area contributed by atoms with Gasteiger partial charge in [0.2, 0.25) is 10.0 Å². The highest BCUT2D eigenvalue weighted by molar-refractivity contribution is 7.89. The van der Waals surface area contributed by atoms with E-state index in [1.807, 2.05) is 0 Å². The number of hydrogen-bond donors (Lipinski definition) is 2. The van der Waals surface area contributed by atoms with Gasteiger partial charge in [-0.25, -0.2) is 13.1 Å². The molecule has 19 heavy (non-hydrogen) atoms. The molecule has 0 amide bonds. The number of rotatable bonds is 8. The van der Waals surface area contributed by atoms with Crippen LogP contribution in [0.3, 0.4) is 0 Å². The van der Waals surface area contributed by atoms with E-state index in [9.17, 15) is 13.2 Å². The van der Waals surface area contributed by atoms with Crippen molar-refractivity contribution in [2.45, 2.75) is 17.7 Å². The van der Waals surface area contributed by atoms with Gasteiger partial charge in [-0.05, 0) is 24.1 Å². The molecule has 0 unspecified atom stereocenters. The van der Waals surface area contributed by atoms with Crippen molar-refractivity contribution in [2.24, 2.45) is 0 Å². The van der Waals surface area contributed by atoms with Gasteiger partial charge in [0.15, 0.2) is 0 Å². The van der Waals surface area contributed by atoms with E-state index < -0.39 is 16.0 Å². The van der Waals surface area contributed by atoms with Gasteiger partial charge in [0, 0.05) is 20.1 Å². The number of hydrogen-bond acceptors (Lipinski definition) is 4. The number of methoxy groups -OCH3 is 1. The lowest BCUT2D eigenvalue weighted by Crippen LogP contribution is -2.27. The third-order valence-electron chi connectivity index (χ3n) is 2.46. The van der Waals surface area contributed by atoms with Crippen molar-refractivity contribution in [1.29, 1.82) is 0 Å². The number of ether oxygens (including phenoxy) is 1. The van der Waals surface area contributed by atoms with Crippen LogP contribution < -0.4 is 4.72 Å². The highest BCUT2D eigenvalue weighted by Crippen LogP contribution is 2.11. The third-order valence-corrected chi connectivity index (χ3v) is 3.94. The van der Waals surface area contributed by atoms with Crippen molar-refractivity contribution in [2.75, 3.05) is 20.3 Å². The maximum Gasteiger partial charge on any atom is 0.303 e. The molecule has 0 saturated heterocycles. The molecule has 1 aromatic carbocycles. The van der Waals surface area contributed by atoms with Gasteiger partial charge >= 0.3 is 5.97 Å². The highest BCUT2D eigenvalue weighted by Gasteiger charge is 2.12. The molecule has 0 aliphatic heterocycles. The van der Waals surface area contributed by atoms with Crippen LogP contribution in [0.2, 0.25) is 0 Å². The molecule has 106 valence electrons. The van der Waals surface area contributed by atoms with Crippen molar-refractivity contribution in [3.05, 3.63) is 29.8 Å². The molecule has 0 fully saturated rings. The van der Waals surface area contributed by atoms with E-state index >= 15 is 0 Å². The summed E-state index contributed by atoms with van der Waals surface area (Å²) in [4.78, 5) is 10.6. The van der Waals surface area contributed by atoms with Crippen molar-refractivity contribution in [3.63, 3.8) is 0 Å². The summed E-state index contributed by atoms with van der Waals surface area (Å²) in [6, 6.07) is 6.17. The summed E-state index contributed by atoms with van der Waals surface area (Å²) in [6.07, 6.45) is 0.408. The lowest BCUT2D eigenvalue weighted by atomic mass is 10.1. The lowest BCUT2D eigenvalue weighted by molar-refractivity contribution is -0.136. The molecule has 0 heterocycles. The summed E-state index contributed by atoms with van der Waals surface area (Å²) < 4.78 is 30.8. The minimum atomic E-state index is -3.53. The standard InChI is InChI=1S/C12H17NO5S/c1-18-9-8-13-19(16,17)11-5-2-10(3-6-11)4-7-12(14)15/h2-3,5-6,13H,4,7-9H2,1H3,(H,14,15). The van der Waals surface area contributed by atoms with Crippen molar-refractivity contribution < 1.29 is 23.1 Å². The Morgan fingerprint density at radius 3 is 2.47 bits per heavy atom. The van der Waals surface area contributed by atoms with Gasteiger partial charge in [0.05, 0.1) is 11.5 Å². The fraction of sp³-hybridized carbons (Fsp3) is 0.417. The molecule has 0 bridgehead atoms. The Labute approximate surface area is 112 Å². The maximum atomic E-state index is 11.8. The number of carboxylic acid groups (broad SMARTS) is 1. The second-order valence-electron chi connectivity index (χ2n) is 3.93. The summed E-state index contributed by atoms with van der Waals surface area (Å²) in [5.74, 6) is -0.877. The van der Waals surface area contributed by atoms with E-state index in [4.69, 9.17) is 9.84 Å². The van der Waals surface area contributed by atoms with Crippen molar-refractivity contribution in [3.8, 4) is 0 Å². The topological polar surface area (TPSA) is 92.7 Å². The minimum Gasteiger partial charge on any atom is -0.481 e. The van der Waals surface area contributed by atoms with Crippen LogP contribution in [0, 0.1) is 0 Å². The molecule has 1 aromatic rings. The smallest absolute Gasteiger partial charge is 0.303 e. The van der Waals surface area contributed by atoms with Crippen LogP contribution in [-0.4, -0.2) is 39.8 Å². The average Bonchev–Trinajstić information content (AvgIpc) is 2.37. The normalized spacial score (nSPS) is 11.4. The molecule has 1 rings (SSSR count). The van der Waals surface area contributed by atoms with E-state index in [-0.39, 0.29) is 17.9 Å². The number of carboxylic acids is 1. The lowest BCUT2D eigenvalue weighted by Gasteiger charge is -2.07. The van der Waals surface area contributed by atoms with E-state index in [2.05, 4.69) is 4.72 Å². The van der Waals surface area contributed by atoms with Gasteiger partial charge in [0.1, 0.15) is 0 Å². The van der Waals surface area contributed by atoms with Gasteiger partial charge in [-0.1, -0.05) is 12.1 Å². The van der Waals surface area contributed by atoms with Gasteiger partial charge < -0.3 is 9.84 Å². The largest absolute Gasteiger partial charge is 0.481 e. The van der Waals surface area contributed by atoms with Crippen LogP contribution >= 0.6 is 0 Å². The summed E-state index contributed by atoms with van der Waals surface area (Å²) >= 11 is 0. The summed E-state index contributed by atoms with van der Waals surface area (Å²) in [5.41, 5.74) is 0.790. The second-order valence-corrected chi connectivity index (χ2v) is 5.70. The molecule has 0 saturated carbocycles. The Morgan fingerprint density at radius 2 is 1.95 bits per heavy atom. The quantitative estimate of drug-likeness (QED) is 0.684. The Kier molecular flexibility index (Phi) is 5.94. The number of aliphatic carboxylic acids is 1. The molecule has 0 aliphatic rings. The molecule has 7 heteroatoms. The van der Waals surface area contributed by atoms with Crippen LogP contribution in [0.15, 0.2) is 29.2 Å². The first-order chi connectivity index (χ1) is 8.95. The Hall–Kier alpha value is -1.44. The zero-order valence-electron chi connectivity index (χ0n) is 10.6. The molecule has 6 nitrogen and oxygen atoms in total. The molecule has 2 N–H and O–H groups in total. The molecule has 0 atom stereocenters. The predicted octanol–water partition coefficient (Wildman–Crippen LogP) is 0.628. The number of aryl methyl sites for hydroxylation is 1. The van der Waals surface area contributed by atoms with E-state index in [1.165, 1.54) is 19.2 Å². The van der Waals surface area contributed by atoms with Crippen LogP contribution in [0.4, 0.5) is 0 Å². The zero-order valence-corrected chi connectivity index (χ0v) is 11.4. The van der Waals surface area contributed by atoms with Gasteiger partial charge in [-0.3, -0.25) is 4.79 Å². The number of benzene rings is 1. The average molecular weight is 287 g/mol. The fourth-order valence-electron chi connectivity index (χ4n) is 1.45. The van der Waals surface area contributed by atoms with Crippen LogP contribution in [-0.2, 0) is 26.0 Å². The number of nitrogens with one attached hydrogen (secondary N) is 1. The molecule has 0 aromatic heterocycles. The van der Waals surface area contributed by atoms with Crippen LogP contribution in [0.5, 0.6) is 0 Å². The Morgan fingerprint density at radius 1 is 1.32 bits per heavy atom. The van der Waals surface area contributed by atoms with Crippen molar-refractivity contribution >= 4 is 16.0 Å². The monoisotopic (exact) mass is 287 g/mol. The van der Waals surface area contributed by atoms with E-state index in [0.717, 1.165) is 5.56 Å². The second kappa shape index (κ2) is 7.22. The van der Waals surface area contributed by atoms with Gasteiger partial charge in [-0.15, -0.1) is 0 Å². The number of sulfonamides is 1. The Bertz CT molecular complexity index is 509. The van der Waals surface area contributed by atoms with Gasteiger partial charge in [-0.2, -0.15) is 0 Å². The maximum absolute atomic E-state index is 11.8. The summed E-state index contributed by atoms with van der Waals surface area (Å²) in [7, 11) is -2.04. The summed E-state index contributed by atoms with van der Waals surface area (Å²) in [6.45, 7) is 0.509. The van der Waals surface area contributed by atoms with Crippen LogP contribution in [0.25, 0.3) is 0 Å².